The van der Waals surface area contributed by atoms with Crippen LogP contribution in [0.2, 0.25) is 0 Å². The van der Waals surface area contributed by atoms with E-state index in [0.717, 1.165) is 0 Å². The lowest BCUT2D eigenvalue weighted by Gasteiger charge is -2.33. The highest BCUT2D eigenvalue weighted by Crippen LogP contribution is 2.20. The number of nitrogens with zero attached hydrogens (tertiary/aromatic N) is 2. The van der Waals surface area contributed by atoms with Gasteiger partial charge in [-0.05, 0) is 30.5 Å². The first-order chi connectivity index (χ1) is 11.4. The van der Waals surface area contributed by atoms with E-state index in [0.29, 0.717) is 37.2 Å². The Morgan fingerprint density at radius 2 is 1.75 bits per heavy atom. The topological polar surface area (TPSA) is 90.0 Å². The van der Waals surface area contributed by atoms with E-state index >= 15 is 0 Å². The number of urea groups is 1. The molecule has 7 heteroatoms. The van der Waals surface area contributed by atoms with Crippen LogP contribution in [0.25, 0.3) is 0 Å². The summed E-state index contributed by atoms with van der Waals surface area (Å²) in [6, 6.07) is 6.79. The molecule has 0 aromatic heterocycles. The van der Waals surface area contributed by atoms with Crippen LogP contribution in [-0.4, -0.2) is 60.0 Å². The maximum Gasteiger partial charge on any atom is 0.319 e. The molecule has 1 heterocycles. The summed E-state index contributed by atoms with van der Waals surface area (Å²) in [5.74, 6) is -1.06. The van der Waals surface area contributed by atoms with Crippen molar-refractivity contribution in [2.45, 2.75) is 19.3 Å². The van der Waals surface area contributed by atoms with Crippen molar-refractivity contribution in [3.63, 3.8) is 0 Å². The number of likely N-dealkylation sites (tertiary alicyclic amines) is 1. The first-order valence-corrected chi connectivity index (χ1v) is 7.94. The van der Waals surface area contributed by atoms with Gasteiger partial charge >= 0.3 is 12.0 Å². The van der Waals surface area contributed by atoms with E-state index in [1.165, 1.54) is 0 Å². The van der Waals surface area contributed by atoms with Crippen molar-refractivity contribution < 1.29 is 19.5 Å². The second-order valence-corrected chi connectivity index (χ2v) is 6.20. The summed E-state index contributed by atoms with van der Waals surface area (Å²) >= 11 is 0. The molecule has 1 saturated heterocycles. The van der Waals surface area contributed by atoms with Gasteiger partial charge < -0.3 is 20.2 Å². The molecule has 1 aliphatic rings. The molecule has 0 unspecified atom stereocenters. The van der Waals surface area contributed by atoms with Crippen LogP contribution in [-0.2, 0) is 16.0 Å². The Hall–Kier alpha value is -2.57. The third kappa shape index (κ3) is 4.71. The first kappa shape index (κ1) is 17.8. The molecule has 0 bridgehead atoms. The Balaban J connectivity index is 1.85. The molecule has 7 nitrogen and oxygen atoms in total. The molecule has 1 aromatic carbocycles. The Morgan fingerprint density at radius 1 is 1.17 bits per heavy atom. The Morgan fingerprint density at radius 3 is 2.25 bits per heavy atom. The summed E-state index contributed by atoms with van der Waals surface area (Å²) in [6.45, 7) is 1.15. The number of piperidine rings is 1. The van der Waals surface area contributed by atoms with Crippen LogP contribution in [0.4, 0.5) is 10.5 Å². The molecule has 2 rings (SSSR count). The van der Waals surface area contributed by atoms with Crippen LogP contribution >= 0.6 is 0 Å². The Labute approximate surface area is 141 Å². The van der Waals surface area contributed by atoms with Gasteiger partial charge in [-0.1, -0.05) is 12.1 Å². The highest BCUT2D eigenvalue weighted by atomic mass is 16.4. The SMILES string of the molecule is CN(C)C(=O)N1CCC(C(=O)Nc2ccc(CC(=O)O)cc2)CC1. The number of benzene rings is 1. The molecule has 2 N–H and O–H groups in total. The molecule has 0 spiro atoms. The molecule has 1 aliphatic heterocycles. The van der Waals surface area contributed by atoms with Gasteiger partial charge in [0.25, 0.3) is 0 Å². The van der Waals surface area contributed by atoms with E-state index in [1.807, 2.05) is 0 Å². The molecular formula is C17H23N3O4. The number of aliphatic carboxylic acids is 1. The van der Waals surface area contributed by atoms with Gasteiger partial charge in [0.05, 0.1) is 6.42 Å². The summed E-state index contributed by atoms with van der Waals surface area (Å²) in [7, 11) is 3.43. The van der Waals surface area contributed by atoms with Crippen molar-refractivity contribution in [2.75, 3.05) is 32.5 Å². The predicted octanol–water partition coefficient (Wildman–Crippen LogP) is 1.65. The molecule has 0 atom stereocenters. The second-order valence-electron chi connectivity index (χ2n) is 6.20. The van der Waals surface area contributed by atoms with Crippen LogP contribution in [0.5, 0.6) is 0 Å². The summed E-state index contributed by atoms with van der Waals surface area (Å²) in [4.78, 5) is 38.2. The van der Waals surface area contributed by atoms with Gasteiger partial charge in [-0.25, -0.2) is 4.79 Å². The number of hydrogen-bond donors (Lipinski definition) is 2. The molecule has 0 saturated carbocycles. The van der Waals surface area contributed by atoms with Gasteiger partial charge in [0.2, 0.25) is 5.91 Å². The lowest BCUT2D eigenvalue weighted by atomic mass is 9.96. The zero-order valence-electron chi connectivity index (χ0n) is 14.0. The van der Waals surface area contributed by atoms with Crippen LogP contribution in [0.15, 0.2) is 24.3 Å². The molecule has 130 valence electrons. The van der Waals surface area contributed by atoms with Gasteiger partial charge in [0.1, 0.15) is 0 Å². The molecule has 0 radical (unpaired) electrons. The smallest absolute Gasteiger partial charge is 0.319 e. The number of carbonyl (C=O) groups excluding carboxylic acids is 2. The lowest BCUT2D eigenvalue weighted by Crippen LogP contribution is -2.45. The van der Waals surface area contributed by atoms with Crippen molar-refractivity contribution in [3.05, 3.63) is 29.8 Å². The number of carboxylic acids is 1. The van der Waals surface area contributed by atoms with Crippen LogP contribution in [0.3, 0.4) is 0 Å². The predicted molar refractivity (Wildman–Crippen MR) is 89.8 cm³/mol. The van der Waals surface area contributed by atoms with Gasteiger partial charge in [0, 0.05) is 38.8 Å². The minimum Gasteiger partial charge on any atom is -0.481 e. The fourth-order valence-corrected chi connectivity index (χ4v) is 2.74. The number of amides is 3. The van der Waals surface area contributed by atoms with E-state index in [9.17, 15) is 14.4 Å². The van der Waals surface area contributed by atoms with E-state index in [-0.39, 0.29) is 24.3 Å². The van der Waals surface area contributed by atoms with Gasteiger partial charge in [0.15, 0.2) is 0 Å². The van der Waals surface area contributed by atoms with Crippen LogP contribution in [0.1, 0.15) is 18.4 Å². The maximum absolute atomic E-state index is 12.3. The average Bonchev–Trinajstić information content (AvgIpc) is 2.55. The minimum absolute atomic E-state index is 0.0251. The highest BCUT2D eigenvalue weighted by Gasteiger charge is 2.27. The third-order valence-electron chi connectivity index (χ3n) is 4.10. The van der Waals surface area contributed by atoms with E-state index < -0.39 is 5.97 Å². The van der Waals surface area contributed by atoms with Gasteiger partial charge in [-0.15, -0.1) is 0 Å². The van der Waals surface area contributed by atoms with Gasteiger partial charge in [-0.2, -0.15) is 0 Å². The Bertz CT molecular complexity index is 605. The summed E-state index contributed by atoms with van der Waals surface area (Å²) in [5, 5.41) is 11.6. The molecular weight excluding hydrogens is 310 g/mol. The van der Waals surface area contributed by atoms with E-state index in [2.05, 4.69) is 5.32 Å². The zero-order valence-corrected chi connectivity index (χ0v) is 14.0. The molecule has 24 heavy (non-hydrogen) atoms. The number of carbonyl (C=O) groups is 3. The average molecular weight is 333 g/mol. The number of anilines is 1. The second kappa shape index (κ2) is 7.81. The summed E-state index contributed by atoms with van der Waals surface area (Å²) in [5.41, 5.74) is 1.34. The van der Waals surface area contributed by atoms with Crippen LogP contribution < -0.4 is 5.32 Å². The quantitative estimate of drug-likeness (QED) is 0.876. The van der Waals surface area contributed by atoms with Crippen molar-refractivity contribution >= 4 is 23.6 Å². The van der Waals surface area contributed by atoms with E-state index in [1.54, 1.807) is 48.2 Å². The monoisotopic (exact) mass is 333 g/mol. The lowest BCUT2D eigenvalue weighted by molar-refractivity contribution is -0.136. The fraction of sp³-hybridized carbons (Fsp3) is 0.471. The zero-order chi connectivity index (χ0) is 17.7. The number of nitrogens with one attached hydrogen (secondary N) is 1. The summed E-state index contributed by atoms with van der Waals surface area (Å²) in [6.07, 6.45) is 1.25. The standard InChI is InChI=1S/C17H23N3O4/c1-19(2)17(24)20-9-7-13(8-10-20)16(23)18-14-5-3-12(4-6-14)11-15(21)22/h3-6,13H,7-11H2,1-2H3,(H,18,23)(H,21,22). The normalized spacial score (nSPS) is 15.0. The highest BCUT2D eigenvalue weighted by molar-refractivity contribution is 5.92. The first-order valence-electron chi connectivity index (χ1n) is 7.94. The third-order valence-corrected chi connectivity index (χ3v) is 4.10. The number of rotatable bonds is 4. The van der Waals surface area contributed by atoms with Crippen molar-refractivity contribution in [1.29, 1.82) is 0 Å². The molecule has 1 fully saturated rings. The van der Waals surface area contributed by atoms with E-state index in [4.69, 9.17) is 5.11 Å². The maximum atomic E-state index is 12.3. The largest absolute Gasteiger partial charge is 0.481 e. The summed E-state index contributed by atoms with van der Waals surface area (Å²) < 4.78 is 0. The molecule has 0 aliphatic carbocycles. The van der Waals surface area contributed by atoms with Gasteiger partial charge in [-0.3, -0.25) is 9.59 Å². The van der Waals surface area contributed by atoms with Crippen molar-refractivity contribution in [1.82, 2.24) is 9.80 Å². The molecule has 1 aromatic rings. The number of carboxylic acid groups (broad SMARTS) is 1. The van der Waals surface area contributed by atoms with Crippen molar-refractivity contribution in [2.24, 2.45) is 5.92 Å². The van der Waals surface area contributed by atoms with Crippen molar-refractivity contribution in [3.8, 4) is 0 Å². The fourth-order valence-electron chi connectivity index (χ4n) is 2.74. The van der Waals surface area contributed by atoms with Crippen LogP contribution in [0, 0.1) is 5.92 Å². The Kier molecular flexibility index (Phi) is 5.78. The minimum atomic E-state index is -0.884. The molecule has 3 amide bonds. The number of hydrogen-bond acceptors (Lipinski definition) is 3.